The van der Waals surface area contributed by atoms with E-state index in [2.05, 4.69) is 21.9 Å². The van der Waals surface area contributed by atoms with E-state index in [1.165, 1.54) is 31.7 Å². The Labute approximate surface area is 126 Å². The monoisotopic (exact) mass is 300 g/mol. The third kappa shape index (κ3) is 5.31. The van der Waals surface area contributed by atoms with Gasteiger partial charge in [0.2, 0.25) is 0 Å². The van der Waals surface area contributed by atoms with Crippen LogP contribution in [0.5, 0.6) is 0 Å². The predicted molar refractivity (Wildman–Crippen MR) is 83.4 cm³/mol. The summed E-state index contributed by atoms with van der Waals surface area (Å²) in [4.78, 5) is 5.06. The Morgan fingerprint density at radius 2 is 1.47 bits per heavy atom. The van der Waals surface area contributed by atoms with Crippen molar-refractivity contribution < 1.29 is 0 Å². The molecule has 1 aliphatic heterocycles. The molecule has 1 fully saturated rings. The molecule has 0 aromatic heterocycles. The molecular weight excluding hydrogens is 279 g/mol. The molecule has 0 radical (unpaired) electrons. The Morgan fingerprint density at radius 3 is 2.05 bits per heavy atom. The second-order valence-electron chi connectivity index (χ2n) is 5.10. The van der Waals surface area contributed by atoms with Crippen LogP contribution in [0.4, 0.5) is 0 Å². The van der Waals surface area contributed by atoms with Crippen molar-refractivity contribution in [1.82, 2.24) is 9.80 Å². The SMILES string of the molecule is ClCCCN1CCN(CCc2ccc(Cl)cc2)CC1. The zero-order chi connectivity index (χ0) is 13.5. The first-order valence-corrected chi connectivity index (χ1v) is 7.94. The molecule has 1 saturated heterocycles. The molecule has 0 aliphatic carbocycles. The summed E-state index contributed by atoms with van der Waals surface area (Å²) in [5.41, 5.74) is 1.37. The van der Waals surface area contributed by atoms with Gasteiger partial charge < -0.3 is 9.80 Å². The maximum atomic E-state index is 5.89. The van der Waals surface area contributed by atoms with Crippen LogP contribution >= 0.6 is 23.2 Å². The average Bonchev–Trinajstić information content (AvgIpc) is 2.46. The average molecular weight is 301 g/mol. The van der Waals surface area contributed by atoms with Gasteiger partial charge in [-0.3, -0.25) is 0 Å². The number of rotatable bonds is 6. The zero-order valence-corrected chi connectivity index (χ0v) is 12.8. The molecule has 1 aromatic rings. The molecule has 0 N–H and O–H groups in total. The van der Waals surface area contributed by atoms with Crippen LogP contribution in [-0.4, -0.2) is 54.9 Å². The van der Waals surface area contributed by atoms with Crippen LogP contribution in [0.2, 0.25) is 5.02 Å². The van der Waals surface area contributed by atoms with E-state index in [1.807, 2.05) is 12.1 Å². The minimum Gasteiger partial charge on any atom is -0.301 e. The molecule has 2 nitrogen and oxygen atoms in total. The molecule has 106 valence electrons. The maximum Gasteiger partial charge on any atom is 0.0406 e. The van der Waals surface area contributed by atoms with E-state index in [9.17, 15) is 0 Å². The van der Waals surface area contributed by atoms with Crippen molar-refractivity contribution >= 4 is 23.2 Å². The molecule has 4 heteroatoms. The minimum absolute atomic E-state index is 0.775. The van der Waals surface area contributed by atoms with Gasteiger partial charge in [0.05, 0.1) is 0 Å². The van der Waals surface area contributed by atoms with Crippen molar-refractivity contribution in [1.29, 1.82) is 0 Å². The van der Waals surface area contributed by atoms with Crippen molar-refractivity contribution in [2.45, 2.75) is 12.8 Å². The lowest BCUT2D eigenvalue weighted by Crippen LogP contribution is -2.47. The quantitative estimate of drug-likeness (QED) is 0.745. The first kappa shape index (κ1) is 15.1. The lowest BCUT2D eigenvalue weighted by atomic mass is 10.1. The van der Waals surface area contributed by atoms with Crippen LogP contribution in [-0.2, 0) is 6.42 Å². The van der Waals surface area contributed by atoms with E-state index in [0.717, 1.165) is 36.8 Å². The molecule has 19 heavy (non-hydrogen) atoms. The normalized spacial score (nSPS) is 17.8. The van der Waals surface area contributed by atoms with Crippen LogP contribution in [0.15, 0.2) is 24.3 Å². The summed E-state index contributed by atoms with van der Waals surface area (Å²) in [6, 6.07) is 8.19. The van der Waals surface area contributed by atoms with Crippen LogP contribution in [0, 0.1) is 0 Å². The lowest BCUT2D eigenvalue weighted by Gasteiger charge is -2.34. The fraction of sp³-hybridized carbons (Fsp3) is 0.600. The fourth-order valence-corrected chi connectivity index (χ4v) is 2.70. The van der Waals surface area contributed by atoms with Crippen molar-refractivity contribution in [2.75, 3.05) is 45.1 Å². The van der Waals surface area contributed by atoms with Gasteiger partial charge in [-0.2, -0.15) is 0 Å². The van der Waals surface area contributed by atoms with Crippen molar-refractivity contribution in [3.63, 3.8) is 0 Å². The van der Waals surface area contributed by atoms with Gasteiger partial charge in [-0.25, -0.2) is 0 Å². The Balaban J connectivity index is 1.67. The molecule has 1 heterocycles. The topological polar surface area (TPSA) is 6.48 Å². The molecule has 0 atom stereocenters. The Kier molecular flexibility index (Phi) is 6.45. The number of halogens is 2. The number of hydrogen-bond acceptors (Lipinski definition) is 2. The van der Waals surface area contributed by atoms with Crippen molar-refractivity contribution in [3.8, 4) is 0 Å². The van der Waals surface area contributed by atoms with Gasteiger partial charge in [-0.05, 0) is 37.1 Å². The number of benzene rings is 1. The molecule has 1 aliphatic rings. The van der Waals surface area contributed by atoms with Gasteiger partial charge in [0.1, 0.15) is 0 Å². The summed E-state index contributed by atoms with van der Waals surface area (Å²) in [6.07, 6.45) is 2.21. The van der Waals surface area contributed by atoms with Crippen LogP contribution in [0.1, 0.15) is 12.0 Å². The summed E-state index contributed by atoms with van der Waals surface area (Å²) < 4.78 is 0. The van der Waals surface area contributed by atoms with Gasteiger partial charge in [-0.15, -0.1) is 11.6 Å². The molecule has 0 unspecified atom stereocenters. The summed E-state index contributed by atoms with van der Waals surface area (Å²) in [7, 11) is 0. The van der Waals surface area contributed by atoms with Crippen LogP contribution in [0.25, 0.3) is 0 Å². The van der Waals surface area contributed by atoms with Gasteiger partial charge in [0, 0.05) is 43.6 Å². The molecule has 0 spiro atoms. The molecule has 2 rings (SSSR count). The maximum absolute atomic E-state index is 5.89. The van der Waals surface area contributed by atoms with Gasteiger partial charge in [-0.1, -0.05) is 23.7 Å². The standard InChI is InChI=1S/C15H22Cl2N2/c16-7-1-8-18-10-12-19(13-11-18)9-6-14-2-4-15(17)5-3-14/h2-5H,1,6-13H2. The first-order valence-electron chi connectivity index (χ1n) is 7.03. The highest BCUT2D eigenvalue weighted by Crippen LogP contribution is 2.11. The summed E-state index contributed by atoms with van der Waals surface area (Å²) in [5.74, 6) is 0.775. The van der Waals surface area contributed by atoms with E-state index in [1.54, 1.807) is 0 Å². The smallest absolute Gasteiger partial charge is 0.0406 e. The fourth-order valence-electron chi connectivity index (χ4n) is 2.46. The number of hydrogen-bond donors (Lipinski definition) is 0. The van der Waals surface area contributed by atoms with E-state index >= 15 is 0 Å². The van der Waals surface area contributed by atoms with Crippen LogP contribution < -0.4 is 0 Å². The second kappa shape index (κ2) is 8.11. The van der Waals surface area contributed by atoms with E-state index in [4.69, 9.17) is 23.2 Å². The molecule has 0 amide bonds. The molecule has 1 aromatic carbocycles. The first-order chi connectivity index (χ1) is 9.28. The lowest BCUT2D eigenvalue weighted by molar-refractivity contribution is 0.134. The zero-order valence-electron chi connectivity index (χ0n) is 11.3. The largest absolute Gasteiger partial charge is 0.301 e. The summed E-state index contributed by atoms with van der Waals surface area (Å²) >= 11 is 11.6. The van der Waals surface area contributed by atoms with Crippen molar-refractivity contribution in [2.24, 2.45) is 0 Å². The van der Waals surface area contributed by atoms with E-state index < -0.39 is 0 Å². The number of piperazine rings is 1. The third-order valence-electron chi connectivity index (χ3n) is 3.70. The van der Waals surface area contributed by atoms with Crippen molar-refractivity contribution in [3.05, 3.63) is 34.9 Å². The summed E-state index contributed by atoms with van der Waals surface area (Å²) in [6.45, 7) is 7.00. The second-order valence-corrected chi connectivity index (χ2v) is 5.92. The van der Waals surface area contributed by atoms with Gasteiger partial charge in [0.25, 0.3) is 0 Å². The molecule has 0 bridgehead atoms. The predicted octanol–water partition coefficient (Wildman–Crippen LogP) is 3.13. The van der Waals surface area contributed by atoms with E-state index in [-0.39, 0.29) is 0 Å². The third-order valence-corrected chi connectivity index (χ3v) is 4.22. The Hall–Kier alpha value is -0.280. The number of alkyl halides is 1. The summed E-state index contributed by atoms with van der Waals surface area (Å²) in [5, 5.41) is 0.816. The van der Waals surface area contributed by atoms with Gasteiger partial charge >= 0.3 is 0 Å². The highest BCUT2D eigenvalue weighted by Gasteiger charge is 2.15. The molecule has 0 saturated carbocycles. The number of nitrogens with zero attached hydrogens (tertiary/aromatic N) is 2. The Morgan fingerprint density at radius 1 is 0.895 bits per heavy atom. The molecular formula is C15H22Cl2N2. The van der Waals surface area contributed by atoms with Crippen LogP contribution in [0.3, 0.4) is 0 Å². The Bertz CT molecular complexity index is 359. The highest BCUT2D eigenvalue weighted by molar-refractivity contribution is 6.30. The minimum atomic E-state index is 0.775. The van der Waals surface area contributed by atoms with Gasteiger partial charge in [0.15, 0.2) is 0 Å². The highest BCUT2D eigenvalue weighted by atomic mass is 35.5. The van der Waals surface area contributed by atoms with E-state index in [0.29, 0.717) is 0 Å².